The number of aliphatic hydroxyl groups excluding tert-OH is 1. The predicted octanol–water partition coefficient (Wildman–Crippen LogP) is 3.32. The summed E-state index contributed by atoms with van der Waals surface area (Å²) in [4.78, 5) is 4.08. The predicted molar refractivity (Wildman–Crippen MR) is 73.7 cm³/mol. The first kappa shape index (κ1) is 12.4. The Balaban J connectivity index is 2.03. The lowest BCUT2D eigenvalue weighted by Crippen LogP contribution is -2.21. The second-order valence-electron chi connectivity index (χ2n) is 4.72. The number of aromatic nitrogens is 3. The molecule has 1 fully saturated rings. The maximum Gasteiger partial charge on any atom is 0.137 e. The van der Waals surface area contributed by atoms with Crippen LogP contribution in [0, 0.1) is 0 Å². The van der Waals surface area contributed by atoms with E-state index in [4.69, 9.17) is 11.6 Å². The van der Waals surface area contributed by atoms with E-state index in [9.17, 15) is 5.11 Å². The lowest BCUT2D eigenvalue weighted by molar-refractivity contribution is 0.109. The Hall–Kier alpha value is -0.650. The van der Waals surface area contributed by atoms with Crippen LogP contribution in [0.2, 0.25) is 5.15 Å². The summed E-state index contributed by atoms with van der Waals surface area (Å²) >= 11 is 9.41. The summed E-state index contributed by atoms with van der Waals surface area (Å²) in [5.41, 5.74) is 1.00. The van der Waals surface area contributed by atoms with Crippen LogP contribution < -0.4 is 0 Å². The molecular formula is C12H13BrClN3O. The zero-order chi connectivity index (χ0) is 12.7. The third-order valence-corrected chi connectivity index (χ3v) is 4.32. The van der Waals surface area contributed by atoms with Crippen molar-refractivity contribution in [3.63, 3.8) is 0 Å². The summed E-state index contributed by atoms with van der Waals surface area (Å²) < 4.78 is 2.81. The Morgan fingerprint density at radius 2 is 2.06 bits per heavy atom. The summed E-state index contributed by atoms with van der Waals surface area (Å²) in [5, 5.41) is 15.6. The number of rotatable bonds is 1. The van der Waals surface area contributed by atoms with Crippen molar-refractivity contribution in [2.75, 3.05) is 0 Å². The number of aliphatic hydroxyl groups is 1. The monoisotopic (exact) mass is 329 g/mol. The maximum absolute atomic E-state index is 9.57. The van der Waals surface area contributed by atoms with Gasteiger partial charge in [0, 0.05) is 12.3 Å². The standard InChI is InChI=1S/C12H13BrClN3O/c13-12-9-6-15-11(14)5-10(9)17(16-12)7-1-3-8(18)4-2-7/h5-8,18H,1-4H2/t7-,8-. The molecule has 6 heteroatoms. The fraction of sp³-hybridized carbons (Fsp3) is 0.500. The molecule has 2 heterocycles. The average Bonchev–Trinajstić information content (AvgIpc) is 2.67. The second-order valence-corrected chi connectivity index (χ2v) is 5.86. The topological polar surface area (TPSA) is 50.9 Å². The molecule has 4 nitrogen and oxygen atoms in total. The van der Waals surface area contributed by atoms with Crippen molar-refractivity contribution in [1.82, 2.24) is 14.8 Å². The number of nitrogens with zero attached hydrogens (tertiary/aromatic N) is 3. The Morgan fingerprint density at radius 1 is 1.33 bits per heavy atom. The lowest BCUT2D eigenvalue weighted by Gasteiger charge is -2.26. The number of halogens is 2. The van der Waals surface area contributed by atoms with Gasteiger partial charge in [-0.15, -0.1) is 0 Å². The highest BCUT2D eigenvalue weighted by atomic mass is 79.9. The summed E-state index contributed by atoms with van der Waals surface area (Å²) in [7, 11) is 0. The van der Waals surface area contributed by atoms with Crippen molar-refractivity contribution in [2.24, 2.45) is 0 Å². The van der Waals surface area contributed by atoms with Gasteiger partial charge in [0.15, 0.2) is 0 Å². The molecule has 0 aliphatic heterocycles. The van der Waals surface area contributed by atoms with Gasteiger partial charge in [0.2, 0.25) is 0 Å². The van der Waals surface area contributed by atoms with Crippen molar-refractivity contribution in [3.05, 3.63) is 22.0 Å². The Kier molecular flexibility index (Phi) is 3.30. The van der Waals surface area contributed by atoms with E-state index < -0.39 is 0 Å². The van der Waals surface area contributed by atoms with Crippen LogP contribution in [-0.4, -0.2) is 26.0 Å². The van der Waals surface area contributed by atoms with E-state index >= 15 is 0 Å². The normalized spacial score (nSPS) is 24.6. The first-order valence-electron chi connectivity index (χ1n) is 6.02. The molecule has 2 aromatic rings. The molecule has 0 amide bonds. The molecule has 0 bridgehead atoms. The molecule has 1 aliphatic carbocycles. The number of pyridine rings is 1. The fourth-order valence-electron chi connectivity index (χ4n) is 2.55. The van der Waals surface area contributed by atoms with E-state index in [1.807, 2.05) is 10.7 Å². The zero-order valence-corrected chi connectivity index (χ0v) is 12.0. The van der Waals surface area contributed by atoms with Crippen LogP contribution >= 0.6 is 27.5 Å². The third-order valence-electron chi connectivity index (χ3n) is 3.53. The van der Waals surface area contributed by atoms with Gasteiger partial charge in [-0.25, -0.2) is 4.98 Å². The minimum absolute atomic E-state index is 0.156. The van der Waals surface area contributed by atoms with Gasteiger partial charge in [0.1, 0.15) is 9.76 Å². The van der Waals surface area contributed by atoms with Gasteiger partial charge < -0.3 is 5.11 Å². The van der Waals surface area contributed by atoms with Gasteiger partial charge in [0.05, 0.1) is 23.0 Å². The molecule has 0 saturated heterocycles. The van der Waals surface area contributed by atoms with Crippen LogP contribution in [0.4, 0.5) is 0 Å². The molecule has 96 valence electrons. The van der Waals surface area contributed by atoms with E-state index in [2.05, 4.69) is 26.0 Å². The van der Waals surface area contributed by atoms with Crippen molar-refractivity contribution in [3.8, 4) is 0 Å². The van der Waals surface area contributed by atoms with E-state index in [0.29, 0.717) is 11.2 Å². The van der Waals surface area contributed by atoms with Gasteiger partial charge >= 0.3 is 0 Å². The van der Waals surface area contributed by atoms with Crippen LogP contribution in [0.25, 0.3) is 10.9 Å². The molecule has 18 heavy (non-hydrogen) atoms. The highest BCUT2D eigenvalue weighted by Gasteiger charge is 2.23. The molecular weight excluding hydrogens is 318 g/mol. The van der Waals surface area contributed by atoms with E-state index in [1.165, 1.54) is 0 Å². The van der Waals surface area contributed by atoms with Crippen LogP contribution in [0.1, 0.15) is 31.7 Å². The Morgan fingerprint density at radius 3 is 2.78 bits per heavy atom. The minimum Gasteiger partial charge on any atom is -0.393 e. The van der Waals surface area contributed by atoms with Crippen molar-refractivity contribution < 1.29 is 5.11 Å². The summed E-state index contributed by atoms with van der Waals surface area (Å²) in [6, 6.07) is 2.18. The van der Waals surface area contributed by atoms with Crippen LogP contribution in [0.3, 0.4) is 0 Å². The SMILES string of the molecule is O[C@H]1CC[C@H](n2nc(Br)c3cnc(Cl)cc32)CC1. The van der Waals surface area contributed by atoms with Crippen LogP contribution in [0.5, 0.6) is 0 Å². The van der Waals surface area contributed by atoms with Crippen molar-refractivity contribution in [2.45, 2.75) is 37.8 Å². The molecule has 0 unspecified atom stereocenters. The Labute approximate surface area is 118 Å². The van der Waals surface area contributed by atoms with E-state index in [1.54, 1.807) is 6.20 Å². The molecule has 2 aromatic heterocycles. The van der Waals surface area contributed by atoms with E-state index in [-0.39, 0.29) is 6.10 Å². The minimum atomic E-state index is -0.156. The lowest BCUT2D eigenvalue weighted by atomic mass is 9.93. The summed E-state index contributed by atoms with van der Waals surface area (Å²) in [6.45, 7) is 0. The largest absolute Gasteiger partial charge is 0.393 e. The molecule has 0 radical (unpaired) electrons. The van der Waals surface area contributed by atoms with Gasteiger partial charge in [-0.1, -0.05) is 11.6 Å². The first-order chi connectivity index (χ1) is 8.65. The smallest absolute Gasteiger partial charge is 0.137 e. The number of hydrogen-bond acceptors (Lipinski definition) is 3. The Bertz CT molecular complexity index is 578. The first-order valence-corrected chi connectivity index (χ1v) is 7.19. The van der Waals surface area contributed by atoms with E-state index in [0.717, 1.165) is 41.2 Å². The quantitative estimate of drug-likeness (QED) is 0.816. The summed E-state index contributed by atoms with van der Waals surface area (Å²) in [6.07, 6.45) is 5.15. The number of fused-ring (bicyclic) bond motifs is 1. The van der Waals surface area contributed by atoms with Crippen molar-refractivity contribution >= 4 is 38.4 Å². The second kappa shape index (κ2) is 4.79. The van der Waals surface area contributed by atoms with Crippen molar-refractivity contribution in [1.29, 1.82) is 0 Å². The number of hydrogen-bond donors (Lipinski definition) is 1. The van der Waals surface area contributed by atoms with Gasteiger partial charge in [-0.3, -0.25) is 4.68 Å². The average molecular weight is 331 g/mol. The van der Waals surface area contributed by atoms with Crippen LogP contribution in [0.15, 0.2) is 16.9 Å². The molecule has 0 aromatic carbocycles. The molecule has 1 aliphatic rings. The molecule has 1 N–H and O–H groups in total. The fourth-order valence-corrected chi connectivity index (χ4v) is 3.18. The maximum atomic E-state index is 9.57. The summed E-state index contributed by atoms with van der Waals surface area (Å²) in [5.74, 6) is 0. The molecule has 1 saturated carbocycles. The molecule has 0 atom stereocenters. The highest BCUT2D eigenvalue weighted by molar-refractivity contribution is 9.10. The van der Waals surface area contributed by atoms with Gasteiger partial charge in [-0.2, -0.15) is 5.10 Å². The van der Waals surface area contributed by atoms with Crippen LogP contribution in [-0.2, 0) is 0 Å². The zero-order valence-electron chi connectivity index (χ0n) is 9.68. The van der Waals surface area contributed by atoms with Gasteiger partial charge in [-0.05, 0) is 41.6 Å². The van der Waals surface area contributed by atoms with Gasteiger partial charge in [0.25, 0.3) is 0 Å². The third kappa shape index (κ3) is 2.15. The molecule has 3 rings (SSSR count). The molecule has 0 spiro atoms. The highest BCUT2D eigenvalue weighted by Crippen LogP contribution is 2.33.